The van der Waals surface area contributed by atoms with Crippen molar-refractivity contribution in [2.45, 2.75) is 20.8 Å². The second-order valence-corrected chi connectivity index (χ2v) is 6.93. The van der Waals surface area contributed by atoms with Crippen molar-refractivity contribution < 1.29 is 14.6 Å². The topological polar surface area (TPSA) is 63.8 Å². The minimum atomic E-state index is -0.972. The molecule has 3 aromatic rings. The Morgan fingerprint density at radius 3 is 2.58 bits per heavy atom. The van der Waals surface area contributed by atoms with Gasteiger partial charge in [0.25, 0.3) is 0 Å². The smallest absolute Gasteiger partial charge is 0.354 e. The molecule has 24 heavy (non-hydrogen) atoms. The minimum absolute atomic E-state index is 0.215. The van der Waals surface area contributed by atoms with Crippen molar-refractivity contribution in [3.8, 4) is 17.0 Å². The van der Waals surface area contributed by atoms with E-state index in [4.69, 9.17) is 4.74 Å². The molecule has 2 aromatic heterocycles. The highest BCUT2D eigenvalue weighted by molar-refractivity contribution is 7.17. The number of carbonyl (C=O) groups is 1. The summed E-state index contributed by atoms with van der Waals surface area (Å²) >= 11 is 1.49. The molecule has 0 aliphatic carbocycles. The number of carboxylic acids is 1. The molecule has 0 aliphatic rings. The number of carboxylic acid groups (broad SMARTS) is 1. The minimum Gasteiger partial charge on any atom is -0.489 e. The Hall–Kier alpha value is -2.60. The Labute approximate surface area is 143 Å². The van der Waals surface area contributed by atoms with E-state index in [1.165, 1.54) is 11.3 Å². The molecule has 124 valence electrons. The van der Waals surface area contributed by atoms with Crippen molar-refractivity contribution in [2.24, 2.45) is 0 Å². The van der Waals surface area contributed by atoms with Crippen LogP contribution in [0.15, 0.2) is 36.4 Å². The molecule has 1 aromatic carbocycles. The van der Waals surface area contributed by atoms with Gasteiger partial charge in [0, 0.05) is 4.88 Å². The highest BCUT2D eigenvalue weighted by atomic mass is 32.1. The SMILES string of the molecule is C=C(C)COc1ccc(-c2c(C)sc3nc(C)c(C(=O)O)n23)cc1. The Balaban J connectivity index is 2.07. The molecule has 0 amide bonds. The lowest BCUT2D eigenvalue weighted by atomic mass is 10.1. The third-order valence-corrected chi connectivity index (χ3v) is 4.59. The van der Waals surface area contributed by atoms with Crippen LogP contribution in [0.4, 0.5) is 0 Å². The van der Waals surface area contributed by atoms with E-state index < -0.39 is 5.97 Å². The number of hydrogen-bond donors (Lipinski definition) is 1. The van der Waals surface area contributed by atoms with Gasteiger partial charge in [0.05, 0.1) is 11.4 Å². The lowest BCUT2D eigenvalue weighted by Crippen LogP contribution is -2.04. The van der Waals surface area contributed by atoms with Crippen LogP contribution in [0.3, 0.4) is 0 Å². The maximum atomic E-state index is 11.6. The van der Waals surface area contributed by atoms with Crippen LogP contribution in [0, 0.1) is 13.8 Å². The van der Waals surface area contributed by atoms with Gasteiger partial charge in [-0.25, -0.2) is 9.78 Å². The average molecular weight is 342 g/mol. The van der Waals surface area contributed by atoms with Crippen LogP contribution in [-0.2, 0) is 0 Å². The maximum Gasteiger partial charge on any atom is 0.354 e. The fourth-order valence-electron chi connectivity index (χ4n) is 2.62. The van der Waals surface area contributed by atoms with Gasteiger partial charge in [-0.05, 0) is 56.2 Å². The van der Waals surface area contributed by atoms with Gasteiger partial charge < -0.3 is 9.84 Å². The van der Waals surface area contributed by atoms with Crippen molar-refractivity contribution >= 4 is 22.3 Å². The van der Waals surface area contributed by atoms with Gasteiger partial charge in [-0.15, -0.1) is 11.3 Å². The summed E-state index contributed by atoms with van der Waals surface area (Å²) in [6, 6.07) is 7.63. The number of fused-ring (bicyclic) bond motifs is 1. The number of thiazole rings is 1. The molecule has 6 heteroatoms. The third-order valence-electron chi connectivity index (χ3n) is 3.64. The van der Waals surface area contributed by atoms with Crippen LogP contribution < -0.4 is 4.74 Å². The molecular weight excluding hydrogens is 324 g/mol. The van der Waals surface area contributed by atoms with Gasteiger partial charge in [-0.3, -0.25) is 4.40 Å². The molecule has 1 N–H and O–H groups in total. The monoisotopic (exact) mass is 342 g/mol. The number of benzene rings is 1. The van der Waals surface area contributed by atoms with Crippen molar-refractivity contribution in [3.63, 3.8) is 0 Å². The van der Waals surface area contributed by atoms with E-state index >= 15 is 0 Å². The second kappa shape index (κ2) is 6.13. The second-order valence-electron chi connectivity index (χ2n) is 5.75. The first kappa shape index (κ1) is 16.3. The number of aromatic carboxylic acids is 1. The molecule has 0 saturated heterocycles. The largest absolute Gasteiger partial charge is 0.489 e. The molecule has 0 fully saturated rings. The normalized spacial score (nSPS) is 11.0. The van der Waals surface area contributed by atoms with Crippen LogP contribution in [0.1, 0.15) is 28.0 Å². The van der Waals surface area contributed by atoms with E-state index in [1.54, 1.807) is 11.3 Å². The molecule has 0 saturated carbocycles. The number of aryl methyl sites for hydroxylation is 2. The summed E-state index contributed by atoms with van der Waals surface area (Å²) in [7, 11) is 0. The predicted molar refractivity (Wildman–Crippen MR) is 95.2 cm³/mol. The van der Waals surface area contributed by atoms with E-state index in [1.807, 2.05) is 38.1 Å². The van der Waals surface area contributed by atoms with Crippen LogP contribution >= 0.6 is 11.3 Å². The van der Waals surface area contributed by atoms with E-state index in [2.05, 4.69) is 11.6 Å². The van der Waals surface area contributed by atoms with Crippen molar-refractivity contribution in [1.29, 1.82) is 0 Å². The number of imidazole rings is 1. The highest BCUT2D eigenvalue weighted by Crippen LogP contribution is 2.34. The molecule has 5 nitrogen and oxygen atoms in total. The third kappa shape index (κ3) is 2.80. The number of aromatic nitrogens is 2. The predicted octanol–water partition coefficient (Wildman–Crippen LogP) is 4.33. The quantitative estimate of drug-likeness (QED) is 0.701. The molecule has 0 aliphatic heterocycles. The summed E-state index contributed by atoms with van der Waals surface area (Å²) < 4.78 is 7.34. The van der Waals surface area contributed by atoms with Gasteiger partial charge in [0.15, 0.2) is 10.7 Å². The Bertz CT molecular complexity index is 935. The molecule has 2 heterocycles. The zero-order chi connectivity index (χ0) is 17.4. The number of nitrogens with zero attached hydrogens (tertiary/aromatic N) is 2. The Morgan fingerprint density at radius 2 is 2.00 bits per heavy atom. The fraction of sp³-hybridized carbons (Fsp3) is 0.222. The number of hydrogen-bond acceptors (Lipinski definition) is 4. The molecule has 0 radical (unpaired) electrons. The molecule has 3 rings (SSSR count). The zero-order valence-corrected chi connectivity index (χ0v) is 14.6. The molecule has 0 bridgehead atoms. The first-order valence-electron chi connectivity index (χ1n) is 7.48. The fourth-order valence-corrected chi connectivity index (χ4v) is 3.66. The summed E-state index contributed by atoms with van der Waals surface area (Å²) in [4.78, 5) is 17.7. The van der Waals surface area contributed by atoms with Crippen LogP contribution in [0.25, 0.3) is 16.2 Å². The highest BCUT2D eigenvalue weighted by Gasteiger charge is 2.22. The van der Waals surface area contributed by atoms with Crippen molar-refractivity contribution in [3.05, 3.63) is 52.7 Å². The van der Waals surface area contributed by atoms with Gasteiger partial charge in [0.1, 0.15) is 12.4 Å². The Kier molecular flexibility index (Phi) is 4.15. The lowest BCUT2D eigenvalue weighted by Gasteiger charge is -2.08. The molecule has 0 atom stereocenters. The van der Waals surface area contributed by atoms with E-state index in [0.29, 0.717) is 17.3 Å². The first-order valence-corrected chi connectivity index (χ1v) is 8.29. The maximum absolute atomic E-state index is 11.6. The average Bonchev–Trinajstić information content (AvgIpc) is 2.98. The van der Waals surface area contributed by atoms with Crippen LogP contribution in [-0.4, -0.2) is 27.1 Å². The first-order chi connectivity index (χ1) is 11.4. The number of rotatable bonds is 5. The van der Waals surface area contributed by atoms with E-state index in [-0.39, 0.29) is 5.69 Å². The summed E-state index contributed by atoms with van der Waals surface area (Å²) in [5.74, 6) is -0.216. The van der Waals surface area contributed by atoms with Gasteiger partial charge in [-0.2, -0.15) is 0 Å². The van der Waals surface area contributed by atoms with Crippen LogP contribution in [0.5, 0.6) is 5.75 Å². The standard InChI is InChI=1S/C18H18N2O3S/c1-10(2)9-23-14-7-5-13(6-8-14)16-12(4)24-18-19-11(3)15(17(21)22)20(16)18/h5-8H,1,9H2,2-4H3,(H,21,22). The van der Waals surface area contributed by atoms with Crippen molar-refractivity contribution in [2.75, 3.05) is 6.61 Å². The van der Waals surface area contributed by atoms with E-state index in [0.717, 1.165) is 27.5 Å². The van der Waals surface area contributed by atoms with Gasteiger partial charge >= 0.3 is 5.97 Å². The summed E-state index contributed by atoms with van der Waals surface area (Å²) in [5.41, 5.74) is 3.48. The molecule has 0 unspecified atom stereocenters. The Morgan fingerprint density at radius 1 is 1.33 bits per heavy atom. The molecule has 0 spiro atoms. The van der Waals surface area contributed by atoms with Crippen LogP contribution in [0.2, 0.25) is 0 Å². The van der Waals surface area contributed by atoms with Gasteiger partial charge in [0.2, 0.25) is 0 Å². The molecular formula is C18H18N2O3S. The zero-order valence-electron chi connectivity index (χ0n) is 13.8. The van der Waals surface area contributed by atoms with E-state index in [9.17, 15) is 9.90 Å². The van der Waals surface area contributed by atoms with Gasteiger partial charge in [-0.1, -0.05) is 6.58 Å². The summed E-state index contributed by atoms with van der Waals surface area (Å²) in [6.45, 7) is 9.89. The summed E-state index contributed by atoms with van der Waals surface area (Å²) in [5, 5.41) is 9.51. The lowest BCUT2D eigenvalue weighted by molar-refractivity contribution is 0.0688. The van der Waals surface area contributed by atoms with Crippen molar-refractivity contribution in [1.82, 2.24) is 9.38 Å². The summed E-state index contributed by atoms with van der Waals surface area (Å²) in [6.07, 6.45) is 0. The number of ether oxygens (including phenoxy) is 1.